The van der Waals surface area contributed by atoms with Crippen LogP contribution in [0.2, 0.25) is 0 Å². The quantitative estimate of drug-likeness (QED) is 0.771. The highest BCUT2D eigenvalue weighted by Gasteiger charge is 2.16. The number of amides is 1. The maximum absolute atomic E-state index is 11.9. The Labute approximate surface area is 121 Å². The Morgan fingerprint density at radius 1 is 1.38 bits per heavy atom. The summed E-state index contributed by atoms with van der Waals surface area (Å²) in [5.74, 6) is 0.411. The lowest BCUT2D eigenvalue weighted by atomic mass is 10.1. The van der Waals surface area contributed by atoms with E-state index in [1.165, 1.54) is 0 Å². The van der Waals surface area contributed by atoms with Crippen molar-refractivity contribution < 1.29 is 9.32 Å². The summed E-state index contributed by atoms with van der Waals surface area (Å²) in [4.78, 5) is 19.1. The molecule has 1 aromatic carbocycles. The second-order valence-corrected chi connectivity index (χ2v) is 5.31. The van der Waals surface area contributed by atoms with Crippen molar-refractivity contribution in [2.45, 2.75) is 13.8 Å². The van der Waals surface area contributed by atoms with E-state index < -0.39 is 0 Å². The predicted octanol–water partition coefficient (Wildman–Crippen LogP) is 2.60. The average Bonchev–Trinajstić information content (AvgIpc) is 3.12. The molecular formula is C15H16N4O2. The Bertz CT molecular complexity index is 773. The molecule has 0 saturated heterocycles. The maximum Gasteiger partial charge on any atom is 0.316 e. The second-order valence-electron chi connectivity index (χ2n) is 5.31. The van der Waals surface area contributed by atoms with E-state index in [1.807, 2.05) is 44.3 Å². The van der Waals surface area contributed by atoms with E-state index in [1.54, 1.807) is 0 Å². The van der Waals surface area contributed by atoms with Gasteiger partial charge in [-0.3, -0.25) is 4.79 Å². The minimum atomic E-state index is -0.344. The van der Waals surface area contributed by atoms with Crippen molar-refractivity contribution >= 4 is 16.8 Å². The molecule has 3 aromatic rings. The lowest BCUT2D eigenvalue weighted by molar-refractivity contribution is 0.0905. The lowest BCUT2D eigenvalue weighted by Gasteiger charge is -2.03. The molecule has 0 aliphatic carbocycles. The number of rotatable bonds is 4. The number of benzene rings is 1. The molecule has 0 atom stereocenters. The molecule has 0 spiro atoms. The van der Waals surface area contributed by atoms with Gasteiger partial charge in [-0.1, -0.05) is 31.1 Å². The van der Waals surface area contributed by atoms with Gasteiger partial charge in [-0.25, -0.2) is 0 Å². The van der Waals surface area contributed by atoms with Crippen LogP contribution >= 0.6 is 0 Å². The molecule has 0 aliphatic heterocycles. The molecule has 6 nitrogen and oxygen atoms in total. The molecule has 2 aromatic heterocycles. The van der Waals surface area contributed by atoms with E-state index in [4.69, 9.17) is 4.52 Å². The summed E-state index contributed by atoms with van der Waals surface area (Å²) >= 11 is 0. The Hall–Kier alpha value is -2.63. The number of nitrogens with one attached hydrogen (secondary N) is 2. The first-order chi connectivity index (χ1) is 10.1. The van der Waals surface area contributed by atoms with Crippen molar-refractivity contribution in [3.05, 3.63) is 36.4 Å². The minimum Gasteiger partial charge on any atom is -0.361 e. The number of carbonyl (C=O) groups excluding carboxylic acids is 1. The van der Waals surface area contributed by atoms with Crippen LogP contribution in [0.3, 0.4) is 0 Å². The summed E-state index contributed by atoms with van der Waals surface area (Å²) in [5.41, 5.74) is 1.79. The fourth-order valence-corrected chi connectivity index (χ4v) is 1.99. The first kappa shape index (κ1) is 13.4. The van der Waals surface area contributed by atoms with Gasteiger partial charge in [-0.15, -0.1) is 0 Å². The molecule has 0 aliphatic rings. The Morgan fingerprint density at radius 2 is 2.24 bits per heavy atom. The molecule has 6 heteroatoms. The van der Waals surface area contributed by atoms with Crippen molar-refractivity contribution in [1.82, 2.24) is 20.4 Å². The van der Waals surface area contributed by atoms with Crippen molar-refractivity contribution in [2.75, 3.05) is 6.54 Å². The molecule has 0 radical (unpaired) electrons. The summed E-state index contributed by atoms with van der Waals surface area (Å²) in [6.45, 7) is 4.61. The topological polar surface area (TPSA) is 83.8 Å². The molecule has 2 N–H and O–H groups in total. The largest absolute Gasteiger partial charge is 0.361 e. The van der Waals surface area contributed by atoms with Gasteiger partial charge < -0.3 is 14.8 Å². The Morgan fingerprint density at radius 3 is 3.05 bits per heavy atom. The second kappa shape index (κ2) is 5.40. The van der Waals surface area contributed by atoms with E-state index >= 15 is 0 Å². The minimum absolute atomic E-state index is 0.0165. The van der Waals surface area contributed by atoms with Gasteiger partial charge in [0.2, 0.25) is 5.82 Å². The van der Waals surface area contributed by atoms with Gasteiger partial charge >= 0.3 is 11.8 Å². The van der Waals surface area contributed by atoms with E-state index in [0.29, 0.717) is 18.3 Å². The van der Waals surface area contributed by atoms with E-state index in [0.717, 1.165) is 16.5 Å². The molecule has 3 rings (SSSR count). The highest BCUT2D eigenvalue weighted by atomic mass is 16.5. The molecule has 0 saturated carbocycles. The number of fused-ring (bicyclic) bond motifs is 1. The van der Waals surface area contributed by atoms with Gasteiger partial charge in [0.15, 0.2) is 0 Å². The molecule has 0 fully saturated rings. The highest BCUT2D eigenvalue weighted by Crippen LogP contribution is 2.21. The fraction of sp³-hybridized carbons (Fsp3) is 0.267. The molecular weight excluding hydrogens is 268 g/mol. The third kappa shape index (κ3) is 2.79. The molecule has 0 bridgehead atoms. The van der Waals surface area contributed by atoms with Crippen LogP contribution in [-0.4, -0.2) is 27.6 Å². The highest BCUT2D eigenvalue weighted by molar-refractivity contribution is 5.90. The summed E-state index contributed by atoms with van der Waals surface area (Å²) in [5, 5.41) is 7.72. The van der Waals surface area contributed by atoms with E-state index in [2.05, 4.69) is 20.4 Å². The number of carbonyl (C=O) groups is 1. The van der Waals surface area contributed by atoms with Crippen LogP contribution in [0.4, 0.5) is 0 Å². The summed E-state index contributed by atoms with van der Waals surface area (Å²) in [6.07, 6.45) is 1.87. The zero-order chi connectivity index (χ0) is 14.8. The predicted molar refractivity (Wildman–Crippen MR) is 78.8 cm³/mol. The Balaban J connectivity index is 1.82. The normalized spacial score (nSPS) is 11.2. The van der Waals surface area contributed by atoms with Crippen LogP contribution in [0.5, 0.6) is 0 Å². The number of aromatic nitrogens is 3. The summed E-state index contributed by atoms with van der Waals surface area (Å²) in [6, 6.07) is 7.78. The standard InChI is InChI=1S/C15H16N4O2/c1-9(2)8-17-14(20)15-18-13(19-21-15)11-4-3-10-5-6-16-12(10)7-11/h3-7,9,16H,8H2,1-2H3,(H,17,20). The van der Waals surface area contributed by atoms with Gasteiger partial charge in [-0.05, 0) is 23.4 Å². The van der Waals surface area contributed by atoms with Crippen LogP contribution in [0.1, 0.15) is 24.5 Å². The van der Waals surface area contributed by atoms with Crippen LogP contribution in [-0.2, 0) is 0 Å². The maximum atomic E-state index is 11.9. The lowest BCUT2D eigenvalue weighted by Crippen LogP contribution is -2.27. The van der Waals surface area contributed by atoms with Crippen molar-refractivity contribution in [2.24, 2.45) is 5.92 Å². The SMILES string of the molecule is CC(C)CNC(=O)c1nc(-c2ccc3cc[nH]c3c2)no1. The number of aromatic amines is 1. The Kier molecular flexibility index (Phi) is 3.43. The van der Waals surface area contributed by atoms with Crippen LogP contribution < -0.4 is 5.32 Å². The third-order valence-corrected chi connectivity index (χ3v) is 3.10. The number of hydrogen-bond acceptors (Lipinski definition) is 4. The third-order valence-electron chi connectivity index (χ3n) is 3.10. The van der Waals surface area contributed by atoms with Crippen LogP contribution in [0.15, 0.2) is 35.0 Å². The van der Waals surface area contributed by atoms with Gasteiger partial charge in [0.05, 0.1) is 0 Å². The van der Waals surface area contributed by atoms with Crippen molar-refractivity contribution in [1.29, 1.82) is 0 Å². The fourth-order valence-electron chi connectivity index (χ4n) is 1.99. The average molecular weight is 284 g/mol. The van der Waals surface area contributed by atoms with Gasteiger partial charge in [0.25, 0.3) is 0 Å². The van der Waals surface area contributed by atoms with E-state index in [9.17, 15) is 4.79 Å². The van der Waals surface area contributed by atoms with Crippen LogP contribution in [0.25, 0.3) is 22.3 Å². The summed E-state index contributed by atoms with van der Waals surface area (Å²) in [7, 11) is 0. The van der Waals surface area contributed by atoms with Crippen molar-refractivity contribution in [3.63, 3.8) is 0 Å². The molecule has 1 amide bonds. The van der Waals surface area contributed by atoms with Gasteiger partial charge in [-0.2, -0.15) is 4.98 Å². The van der Waals surface area contributed by atoms with Gasteiger partial charge in [0, 0.05) is 23.8 Å². The number of H-pyrrole nitrogens is 1. The van der Waals surface area contributed by atoms with Crippen molar-refractivity contribution in [3.8, 4) is 11.4 Å². The molecule has 2 heterocycles. The molecule has 108 valence electrons. The monoisotopic (exact) mass is 284 g/mol. The zero-order valence-corrected chi connectivity index (χ0v) is 11.9. The molecule has 0 unspecified atom stereocenters. The first-order valence-corrected chi connectivity index (χ1v) is 6.83. The molecule has 21 heavy (non-hydrogen) atoms. The first-order valence-electron chi connectivity index (χ1n) is 6.83. The summed E-state index contributed by atoms with van der Waals surface area (Å²) < 4.78 is 5.02. The smallest absolute Gasteiger partial charge is 0.316 e. The number of nitrogens with zero attached hydrogens (tertiary/aromatic N) is 2. The van der Waals surface area contributed by atoms with Crippen LogP contribution in [0, 0.1) is 5.92 Å². The number of hydrogen-bond donors (Lipinski definition) is 2. The van der Waals surface area contributed by atoms with Gasteiger partial charge in [0.1, 0.15) is 0 Å². The zero-order valence-electron chi connectivity index (χ0n) is 11.9. The van der Waals surface area contributed by atoms with E-state index in [-0.39, 0.29) is 11.8 Å².